The van der Waals surface area contributed by atoms with E-state index in [1.54, 1.807) is 12.1 Å². The van der Waals surface area contributed by atoms with Gasteiger partial charge in [0.1, 0.15) is 5.82 Å². The van der Waals surface area contributed by atoms with Crippen LogP contribution in [0.5, 0.6) is 0 Å². The Kier molecular flexibility index (Phi) is 5.49. The van der Waals surface area contributed by atoms with E-state index in [0.717, 1.165) is 31.4 Å². The van der Waals surface area contributed by atoms with Crippen molar-refractivity contribution >= 4 is 5.91 Å². The minimum atomic E-state index is -0.264. The molecule has 2 unspecified atom stereocenters. The van der Waals surface area contributed by atoms with Crippen molar-refractivity contribution in [3.05, 3.63) is 35.6 Å². The molecule has 0 radical (unpaired) electrons. The molecule has 1 heterocycles. The summed E-state index contributed by atoms with van der Waals surface area (Å²) < 4.78 is 13.0. The van der Waals surface area contributed by atoms with Crippen LogP contribution in [0.25, 0.3) is 0 Å². The molecule has 0 aromatic heterocycles. The molecule has 0 spiro atoms. The molecule has 0 aliphatic carbocycles. The number of nitrogens with one attached hydrogen (secondary N) is 3. The summed E-state index contributed by atoms with van der Waals surface area (Å²) in [5.74, 6) is -0.379. The first kappa shape index (κ1) is 14.9. The molecule has 110 valence electrons. The third-order valence-electron chi connectivity index (χ3n) is 3.63. The minimum absolute atomic E-state index is 0.0490. The van der Waals surface area contributed by atoms with Crippen molar-refractivity contribution in [3.8, 4) is 0 Å². The van der Waals surface area contributed by atoms with E-state index in [1.807, 2.05) is 0 Å². The van der Waals surface area contributed by atoms with E-state index >= 15 is 0 Å². The Hall–Kier alpha value is -1.46. The molecule has 0 saturated carbocycles. The quantitative estimate of drug-likeness (QED) is 0.697. The predicted octanol–water partition coefficient (Wildman–Crippen LogP) is 1.90. The van der Waals surface area contributed by atoms with Crippen LogP contribution < -0.4 is 16.2 Å². The zero-order chi connectivity index (χ0) is 14.4. The molecule has 1 aliphatic rings. The van der Waals surface area contributed by atoms with Gasteiger partial charge < -0.3 is 5.32 Å². The lowest BCUT2D eigenvalue weighted by Crippen LogP contribution is -2.35. The second-order valence-corrected chi connectivity index (χ2v) is 5.16. The van der Waals surface area contributed by atoms with Gasteiger partial charge in [0.15, 0.2) is 0 Å². The van der Waals surface area contributed by atoms with Crippen molar-refractivity contribution in [3.63, 3.8) is 0 Å². The molecule has 1 saturated heterocycles. The summed E-state index contributed by atoms with van der Waals surface area (Å²) in [5, 5.41) is 2.98. The summed E-state index contributed by atoms with van der Waals surface area (Å²) in [7, 11) is 0. The molecule has 1 amide bonds. The molecule has 1 aliphatic heterocycles. The fourth-order valence-corrected chi connectivity index (χ4v) is 2.44. The van der Waals surface area contributed by atoms with Gasteiger partial charge in [-0.3, -0.25) is 10.2 Å². The van der Waals surface area contributed by atoms with E-state index in [0.29, 0.717) is 6.54 Å². The molecule has 1 aromatic carbocycles. The van der Waals surface area contributed by atoms with E-state index in [4.69, 9.17) is 0 Å². The summed E-state index contributed by atoms with van der Waals surface area (Å²) >= 11 is 0. The third-order valence-corrected chi connectivity index (χ3v) is 3.63. The van der Waals surface area contributed by atoms with E-state index in [1.165, 1.54) is 12.1 Å². The van der Waals surface area contributed by atoms with Gasteiger partial charge in [-0.15, -0.1) is 0 Å². The van der Waals surface area contributed by atoms with Gasteiger partial charge in [0, 0.05) is 13.1 Å². The van der Waals surface area contributed by atoms with Crippen molar-refractivity contribution in [1.82, 2.24) is 16.2 Å². The van der Waals surface area contributed by atoms with Crippen molar-refractivity contribution in [2.45, 2.75) is 32.2 Å². The molecule has 4 nitrogen and oxygen atoms in total. The number of hydrogen-bond donors (Lipinski definition) is 3. The zero-order valence-electron chi connectivity index (χ0n) is 11.8. The summed E-state index contributed by atoms with van der Waals surface area (Å²) in [6, 6.07) is 6.17. The minimum Gasteiger partial charge on any atom is -0.356 e. The number of amides is 1. The van der Waals surface area contributed by atoms with Crippen LogP contribution in [0.4, 0.5) is 4.39 Å². The van der Waals surface area contributed by atoms with E-state index in [9.17, 15) is 9.18 Å². The zero-order valence-corrected chi connectivity index (χ0v) is 11.8. The van der Waals surface area contributed by atoms with Crippen LogP contribution in [0.15, 0.2) is 24.3 Å². The van der Waals surface area contributed by atoms with Gasteiger partial charge >= 0.3 is 0 Å². The first-order valence-electron chi connectivity index (χ1n) is 7.24. The van der Waals surface area contributed by atoms with Crippen LogP contribution in [0.1, 0.15) is 37.8 Å². The van der Waals surface area contributed by atoms with Gasteiger partial charge in [-0.1, -0.05) is 31.9 Å². The van der Waals surface area contributed by atoms with Gasteiger partial charge in [0.2, 0.25) is 5.91 Å². The molecule has 2 rings (SSSR count). The molecular weight excluding hydrogens is 257 g/mol. The molecule has 5 heteroatoms. The fourth-order valence-electron chi connectivity index (χ4n) is 2.44. The number of unbranched alkanes of at least 4 members (excludes halogenated alkanes) is 2. The summed E-state index contributed by atoms with van der Waals surface area (Å²) in [4.78, 5) is 12.2. The van der Waals surface area contributed by atoms with E-state index in [-0.39, 0.29) is 23.7 Å². The highest BCUT2D eigenvalue weighted by Gasteiger charge is 2.33. The Morgan fingerprint density at radius 1 is 1.35 bits per heavy atom. The van der Waals surface area contributed by atoms with Crippen LogP contribution in [-0.4, -0.2) is 19.0 Å². The Labute approximate surface area is 119 Å². The molecular formula is C15H22FN3O. The van der Waals surface area contributed by atoms with Crippen molar-refractivity contribution in [2.75, 3.05) is 13.1 Å². The lowest BCUT2D eigenvalue weighted by atomic mass is 9.94. The fraction of sp³-hybridized carbons (Fsp3) is 0.533. The lowest BCUT2D eigenvalue weighted by molar-refractivity contribution is -0.124. The first-order chi connectivity index (χ1) is 9.72. The maximum absolute atomic E-state index is 13.0. The molecule has 3 N–H and O–H groups in total. The molecule has 20 heavy (non-hydrogen) atoms. The van der Waals surface area contributed by atoms with Crippen LogP contribution >= 0.6 is 0 Å². The second kappa shape index (κ2) is 7.36. The normalized spacial score (nSPS) is 21.9. The van der Waals surface area contributed by atoms with E-state index in [2.05, 4.69) is 23.1 Å². The number of benzene rings is 1. The number of carbonyl (C=O) groups is 1. The maximum atomic E-state index is 13.0. The molecule has 0 bridgehead atoms. The average molecular weight is 279 g/mol. The molecule has 1 aromatic rings. The van der Waals surface area contributed by atoms with Crippen LogP contribution in [0.3, 0.4) is 0 Å². The van der Waals surface area contributed by atoms with Gasteiger partial charge in [0.05, 0.1) is 12.0 Å². The predicted molar refractivity (Wildman–Crippen MR) is 76.3 cm³/mol. The standard InChI is InChI=1S/C15H22FN3O/c1-2-3-4-9-17-15(20)13-10-18-19-14(13)11-5-7-12(16)8-6-11/h5-8,13-14,18-19H,2-4,9-10H2,1H3,(H,17,20). The number of halogens is 1. The van der Waals surface area contributed by atoms with Gasteiger partial charge in [0.25, 0.3) is 0 Å². The molecule has 1 fully saturated rings. The van der Waals surface area contributed by atoms with Gasteiger partial charge in [-0.2, -0.15) is 0 Å². The van der Waals surface area contributed by atoms with Gasteiger partial charge in [-0.05, 0) is 24.1 Å². The molecule has 2 atom stereocenters. The number of rotatable bonds is 6. The Bertz CT molecular complexity index is 435. The summed E-state index contributed by atoms with van der Waals surface area (Å²) in [6.45, 7) is 3.44. The van der Waals surface area contributed by atoms with Crippen LogP contribution in [0.2, 0.25) is 0 Å². The Balaban J connectivity index is 1.93. The van der Waals surface area contributed by atoms with Crippen LogP contribution in [-0.2, 0) is 4.79 Å². The summed E-state index contributed by atoms with van der Waals surface area (Å²) in [6.07, 6.45) is 3.28. The summed E-state index contributed by atoms with van der Waals surface area (Å²) in [5.41, 5.74) is 7.03. The highest BCUT2D eigenvalue weighted by atomic mass is 19.1. The van der Waals surface area contributed by atoms with Crippen molar-refractivity contribution in [2.24, 2.45) is 5.92 Å². The monoisotopic (exact) mass is 279 g/mol. The number of carbonyl (C=O) groups excluding carboxylic acids is 1. The average Bonchev–Trinajstić information content (AvgIpc) is 2.93. The second-order valence-electron chi connectivity index (χ2n) is 5.16. The highest BCUT2D eigenvalue weighted by molar-refractivity contribution is 5.80. The smallest absolute Gasteiger partial charge is 0.226 e. The Morgan fingerprint density at radius 3 is 2.80 bits per heavy atom. The van der Waals surface area contributed by atoms with Crippen molar-refractivity contribution < 1.29 is 9.18 Å². The maximum Gasteiger partial charge on any atom is 0.226 e. The van der Waals surface area contributed by atoms with Gasteiger partial charge in [-0.25, -0.2) is 9.82 Å². The third kappa shape index (κ3) is 3.77. The number of hydrogen-bond acceptors (Lipinski definition) is 3. The van der Waals surface area contributed by atoms with Crippen molar-refractivity contribution in [1.29, 1.82) is 0 Å². The van der Waals surface area contributed by atoms with Crippen LogP contribution in [0, 0.1) is 11.7 Å². The number of hydrazine groups is 1. The lowest BCUT2D eigenvalue weighted by Gasteiger charge is -2.18. The topological polar surface area (TPSA) is 53.2 Å². The largest absolute Gasteiger partial charge is 0.356 e. The highest BCUT2D eigenvalue weighted by Crippen LogP contribution is 2.25. The van der Waals surface area contributed by atoms with E-state index < -0.39 is 0 Å². The first-order valence-corrected chi connectivity index (χ1v) is 7.24. The SMILES string of the molecule is CCCCCNC(=O)C1CNNC1c1ccc(F)cc1. The Morgan fingerprint density at radius 2 is 2.10 bits per heavy atom.